The molecule has 5 heteroatoms. The summed E-state index contributed by atoms with van der Waals surface area (Å²) in [6, 6.07) is 0.804. The van der Waals surface area contributed by atoms with E-state index >= 15 is 0 Å². The van der Waals surface area contributed by atoms with Crippen molar-refractivity contribution in [2.75, 3.05) is 26.7 Å². The van der Waals surface area contributed by atoms with Crippen molar-refractivity contribution in [3.05, 3.63) is 0 Å². The van der Waals surface area contributed by atoms with E-state index in [1.54, 1.807) is 0 Å². The number of nitrogens with zero attached hydrogens (tertiary/aromatic N) is 2. The first kappa shape index (κ1) is 14.4. The first-order valence-corrected chi connectivity index (χ1v) is 6.52. The molecule has 0 aliphatic carbocycles. The van der Waals surface area contributed by atoms with Gasteiger partial charge in [0.25, 0.3) is 0 Å². The fraction of sp³-hybridized carbons (Fsp3) is 0.917. The van der Waals surface area contributed by atoms with Crippen LogP contribution in [0, 0.1) is 0 Å². The first-order valence-electron chi connectivity index (χ1n) is 6.52. The lowest BCUT2D eigenvalue weighted by atomic mass is 10.1. The number of carbonyl (C=O) groups excluding carboxylic acids is 1. The first-order chi connectivity index (χ1) is 8.08. The molecule has 5 nitrogen and oxygen atoms in total. The second-order valence-corrected chi connectivity index (χ2v) is 5.04. The van der Waals surface area contributed by atoms with Crippen LogP contribution >= 0.6 is 0 Å². The third-order valence-corrected chi connectivity index (χ3v) is 3.63. The van der Waals surface area contributed by atoms with Gasteiger partial charge in [-0.1, -0.05) is 6.92 Å². The number of nitrogens with one attached hydrogen (secondary N) is 1. The number of amides is 1. The van der Waals surface area contributed by atoms with E-state index in [-0.39, 0.29) is 11.9 Å². The normalized spacial score (nSPS) is 25.3. The quantitative estimate of drug-likeness (QED) is 0.419. The Labute approximate surface area is 104 Å². The Kier molecular flexibility index (Phi) is 5.88. The van der Waals surface area contributed by atoms with Crippen LogP contribution in [0.4, 0.5) is 0 Å². The molecule has 0 bridgehead atoms. The molecule has 1 fully saturated rings. The molecular weight excluding hydrogens is 216 g/mol. The van der Waals surface area contributed by atoms with Gasteiger partial charge in [0.2, 0.25) is 5.91 Å². The predicted octanol–water partition coefficient (Wildman–Crippen LogP) is 0.171. The van der Waals surface area contributed by atoms with Crippen LogP contribution < -0.4 is 11.3 Å². The van der Waals surface area contributed by atoms with Crippen molar-refractivity contribution in [2.24, 2.45) is 5.84 Å². The van der Waals surface area contributed by atoms with Crippen molar-refractivity contribution in [2.45, 2.75) is 45.2 Å². The zero-order chi connectivity index (χ0) is 12.8. The van der Waals surface area contributed by atoms with Gasteiger partial charge in [-0.25, -0.2) is 5.84 Å². The summed E-state index contributed by atoms with van der Waals surface area (Å²) < 4.78 is 0. The van der Waals surface area contributed by atoms with Crippen LogP contribution in [0.1, 0.15) is 33.1 Å². The van der Waals surface area contributed by atoms with Gasteiger partial charge in [-0.15, -0.1) is 0 Å². The maximum atomic E-state index is 11.3. The van der Waals surface area contributed by atoms with Gasteiger partial charge < -0.3 is 4.90 Å². The lowest BCUT2D eigenvalue weighted by Gasteiger charge is -2.34. The van der Waals surface area contributed by atoms with Gasteiger partial charge in [0.1, 0.15) is 0 Å². The second-order valence-electron chi connectivity index (χ2n) is 5.04. The van der Waals surface area contributed by atoms with Crippen molar-refractivity contribution in [1.82, 2.24) is 15.2 Å². The van der Waals surface area contributed by atoms with Crippen LogP contribution in [-0.2, 0) is 4.79 Å². The van der Waals surface area contributed by atoms with E-state index in [1.807, 2.05) is 0 Å². The number of hydrogen-bond donors (Lipinski definition) is 2. The van der Waals surface area contributed by atoms with Gasteiger partial charge in [0.15, 0.2) is 0 Å². The maximum Gasteiger partial charge on any atom is 0.235 e. The van der Waals surface area contributed by atoms with E-state index in [2.05, 4.69) is 36.1 Å². The summed E-state index contributed by atoms with van der Waals surface area (Å²) in [5.41, 5.74) is 2.22. The van der Waals surface area contributed by atoms with Crippen LogP contribution in [-0.4, -0.2) is 54.5 Å². The summed E-state index contributed by atoms with van der Waals surface area (Å²) in [7, 11) is 2.17. The van der Waals surface area contributed by atoms with Gasteiger partial charge in [-0.3, -0.25) is 15.1 Å². The van der Waals surface area contributed by atoms with Crippen molar-refractivity contribution in [3.63, 3.8) is 0 Å². The largest absolute Gasteiger partial charge is 0.305 e. The Bertz CT molecular complexity index is 247. The summed E-state index contributed by atoms with van der Waals surface area (Å²) in [6.07, 6.45) is 2.78. The van der Waals surface area contributed by atoms with Crippen LogP contribution in [0.25, 0.3) is 0 Å². The topological polar surface area (TPSA) is 61.6 Å². The number of hydrogen-bond acceptors (Lipinski definition) is 4. The monoisotopic (exact) mass is 242 g/mol. The smallest absolute Gasteiger partial charge is 0.235 e. The minimum Gasteiger partial charge on any atom is -0.305 e. The van der Waals surface area contributed by atoms with Gasteiger partial charge in [0, 0.05) is 25.0 Å². The summed E-state index contributed by atoms with van der Waals surface area (Å²) in [6.45, 7) is 7.63. The Morgan fingerprint density at radius 2 is 2.24 bits per heavy atom. The lowest BCUT2D eigenvalue weighted by Crippen LogP contribution is -2.47. The zero-order valence-corrected chi connectivity index (χ0v) is 11.3. The van der Waals surface area contributed by atoms with E-state index in [0.29, 0.717) is 12.5 Å². The summed E-state index contributed by atoms with van der Waals surface area (Å²) >= 11 is 0. The molecule has 1 heterocycles. The van der Waals surface area contributed by atoms with Crippen molar-refractivity contribution in [1.29, 1.82) is 0 Å². The van der Waals surface area contributed by atoms with Gasteiger partial charge in [0.05, 0.1) is 0 Å². The highest BCUT2D eigenvalue weighted by Crippen LogP contribution is 2.16. The number of rotatable bonds is 4. The molecule has 0 saturated carbocycles. The third kappa shape index (κ3) is 4.26. The van der Waals surface area contributed by atoms with E-state index in [4.69, 9.17) is 5.84 Å². The molecule has 0 aromatic heterocycles. The summed E-state index contributed by atoms with van der Waals surface area (Å²) in [5.74, 6) is 5.06. The highest BCUT2D eigenvalue weighted by Gasteiger charge is 2.26. The Morgan fingerprint density at radius 3 is 2.82 bits per heavy atom. The fourth-order valence-corrected chi connectivity index (χ4v) is 2.65. The lowest BCUT2D eigenvalue weighted by molar-refractivity contribution is -0.122. The molecule has 2 atom stereocenters. The van der Waals surface area contributed by atoms with Gasteiger partial charge in [-0.05, 0) is 39.9 Å². The Hall–Kier alpha value is -0.650. The van der Waals surface area contributed by atoms with E-state index in [0.717, 1.165) is 26.1 Å². The van der Waals surface area contributed by atoms with Crippen LogP contribution in [0.5, 0.6) is 0 Å². The second kappa shape index (κ2) is 6.93. The number of carbonyl (C=O) groups is 1. The maximum absolute atomic E-state index is 11.3. The minimum atomic E-state index is -0.0787. The molecule has 100 valence electrons. The molecule has 1 saturated heterocycles. The molecule has 0 aromatic rings. The van der Waals surface area contributed by atoms with Gasteiger partial charge in [-0.2, -0.15) is 0 Å². The average Bonchev–Trinajstić information content (AvgIpc) is 2.50. The number of nitrogens with two attached hydrogens (primary N) is 1. The van der Waals surface area contributed by atoms with E-state index in [1.165, 1.54) is 6.42 Å². The van der Waals surface area contributed by atoms with Crippen molar-refractivity contribution in [3.8, 4) is 0 Å². The Morgan fingerprint density at radius 1 is 1.53 bits per heavy atom. The van der Waals surface area contributed by atoms with Crippen molar-refractivity contribution < 1.29 is 4.79 Å². The minimum absolute atomic E-state index is 0.0787. The Balaban J connectivity index is 2.61. The number of likely N-dealkylation sites (N-methyl/N-ethyl adjacent to an activating group) is 1. The van der Waals surface area contributed by atoms with Crippen molar-refractivity contribution >= 4 is 5.91 Å². The van der Waals surface area contributed by atoms with Crippen LogP contribution in [0.3, 0.4) is 0 Å². The molecule has 0 spiro atoms. The predicted molar refractivity (Wildman–Crippen MR) is 69.3 cm³/mol. The molecule has 1 aliphatic rings. The van der Waals surface area contributed by atoms with E-state index in [9.17, 15) is 4.79 Å². The molecule has 17 heavy (non-hydrogen) atoms. The molecule has 2 unspecified atom stereocenters. The van der Waals surface area contributed by atoms with Crippen LogP contribution in [0.2, 0.25) is 0 Å². The number of hydrazine groups is 1. The molecule has 0 aromatic carbocycles. The average molecular weight is 242 g/mol. The molecule has 1 aliphatic heterocycles. The highest BCUT2D eigenvalue weighted by molar-refractivity contribution is 5.75. The van der Waals surface area contributed by atoms with Gasteiger partial charge >= 0.3 is 0 Å². The van der Waals surface area contributed by atoms with E-state index < -0.39 is 0 Å². The zero-order valence-electron chi connectivity index (χ0n) is 11.3. The van der Waals surface area contributed by atoms with Crippen LogP contribution in [0.15, 0.2) is 0 Å². The molecule has 1 amide bonds. The molecule has 3 N–H and O–H groups in total. The summed E-state index contributed by atoms with van der Waals surface area (Å²) in [4.78, 5) is 16.2. The third-order valence-electron chi connectivity index (χ3n) is 3.63. The molecular formula is C12H26N4O. The fourth-order valence-electron chi connectivity index (χ4n) is 2.65. The highest BCUT2D eigenvalue weighted by atomic mass is 16.2. The standard InChI is InChI=1S/C12H26N4O/c1-4-11-9-15(3)6-5-7-16(11)10(2)8-12(17)14-13/h10-11H,4-9,13H2,1-3H3,(H,14,17). The molecule has 1 rings (SSSR count). The summed E-state index contributed by atoms with van der Waals surface area (Å²) in [5, 5.41) is 0. The SMILES string of the molecule is CCC1CN(C)CCCN1C(C)CC(=O)NN. The molecule has 0 radical (unpaired) electrons.